The molecule has 0 saturated heterocycles. The molecule has 0 aromatic carbocycles. The molecule has 4 nitrogen and oxygen atoms in total. The van der Waals surface area contributed by atoms with Gasteiger partial charge in [-0.3, -0.25) is 9.59 Å². The normalized spacial score (nSPS) is 26.0. The Labute approximate surface area is 94.4 Å². The van der Waals surface area contributed by atoms with Crippen LogP contribution in [0.2, 0.25) is 0 Å². The number of hydrogen-bond acceptors (Lipinski definition) is 4. The van der Waals surface area contributed by atoms with E-state index in [2.05, 4.69) is 5.32 Å². The molecule has 15 heavy (non-hydrogen) atoms. The van der Waals surface area contributed by atoms with Crippen molar-refractivity contribution < 1.29 is 9.59 Å². The molecule has 0 aromatic heterocycles. The van der Waals surface area contributed by atoms with Gasteiger partial charge >= 0.3 is 0 Å². The number of nitrogens with two attached hydrogens (primary N) is 1. The number of thioether (sulfide) groups is 1. The fourth-order valence-electron chi connectivity index (χ4n) is 1.85. The maximum absolute atomic E-state index is 11.0. The summed E-state index contributed by atoms with van der Waals surface area (Å²) < 4.78 is 0. The molecule has 86 valence electrons. The number of amides is 1. The van der Waals surface area contributed by atoms with Crippen molar-refractivity contribution in [1.29, 1.82) is 0 Å². The fourth-order valence-corrected chi connectivity index (χ4v) is 2.82. The SMILES string of the molecule is CC(=O)SC1CCC(NC(=O)CN)CC1. The van der Waals surface area contributed by atoms with E-state index in [4.69, 9.17) is 5.73 Å². The Kier molecular flexibility index (Phi) is 5.11. The lowest BCUT2D eigenvalue weighted by Gasteiger charge is -2.27. The second kappa shape index (κ2) is 6.12. The maximum atomic E-state index is 11.0. The van der Waals surface area contributed by atoms with Crippen LogP contribution >= 0.6 is 11.8 Å². The molecule has 0 atom stereocenters. The van der Waals surface area contributed by atoms with Gasteiger partial charge in [0.05, 0.1) is 6.54 Å². The first-order valence-electron chi connectivity index (χ1n) is 5.28. The van der Waals surface area contributed by atoms with Crippen molar-refractivity contribution in [3.05, 3.63) is 0 Å². The monoisotopic (exact) mass is 230 g/mol. The molecule has 5 heteroatoms. The summed E-state index contributed by atoms with van der Waals surface area (Å²) in [5, 5.41) is 3.51. The van der Waals surface area contributed by atoms with E-state index >= 15 is 0 Å². The minimum Gasteiger partial charge on any atom is -0.352 e. The Bertz CT molecular complexity index is 238. The predicted octanol–water partition coefficient (Wildman–Crippen LogP) is 0.652. The van der Waals surface area contributed by atoms with Gasteiger partial charge in [-0.2, -0.15) is 0 Å². The van der Waals surface area contributed by atoms with Crippen LogP contribution in [0.1, 0.15) is 32.6 Å². The maximum Gasteiger partial charge on any atom is 0.233 e. The zero-order valence-corrected chi connectivity index (χ0v) is 9.81. The van der Waals surface area contributed by atoms with Crippen LogP contribution in [0.15, 0.2) is 0 Å². The van der Waals surface area contributed by atoms with Gasteiger partial charge in [0, 0.05) is 18.2 Å². The van der Waals surface area contributed by atoms with Crippen molar-refractivity contribution in [2.24, 2.45) is 5.73 Å². The van der Waals surface area contributed by atoms with Gasteiger partial charge in [-0.1, -0.05) is 11.8 Å². The van der Waals surface area contributed by atoms with Gasteiger partial charge in [-0.05, 0) is 25.7 Å². The number of hydrogen-bond donors (Lipinski definition) is 2. The first-order valence-corrected chi connectivity index (χ1v) is 6.16. The van der Waals surface area contributed by atoms with Gasteiger partial charge in [0.15, 0.2) is 5.12 Å². The molecule has 1 rings (SSSR count). The largest absolute Gasteiger partial charge is 0.352 e. The highest BCUT2D eigenvalue weighted by atomic mass is 32.2. The molecular formula is C10H18N2O2S. The van der Waals surface area contributed by atoms with E-state index < -0.39 is 0 Å². The summed E-state index contributed by atoms with van der Waals surface area (Å²) in [6, 6.07) is 0.254. The molecule has 1 aliphatic carbocycles. The molecule has 0 heterocycles. The minimum absolute atomic E-state index is 0.0577. The topological polar surface area (TPSA) is 72.2 Å². The number of nitrogens with one attached hydrogen (secondary N) is 1. The van der Waals surface area contributed by atoms with Crippen LogP contribution in [0.3, 0.4) is 0 Å². The summed E-state index contributed by atoms with van der Waals surface area (Å²) >= 11 is 1.43. The van der Waals surface area contributed by atoms with Crippen LogP contribution in [-0.2, 0) is 9.59 Å². The Morgan fingerprint density at radius 1 is 1.33 bits per heavy atom. The lowest BCUT2D eigenvalue weighted by molar-refractivity contribution is -0.120. The van der Waals surface area contributed by atoms with E-state index in [0.717, 1.165) is 25.7 Å². The van der Waals surface area contributed by atoms with Gasteiger partial charge < -0.3 is 11.1 Å². The molecule has 0 aromatic rings. The molecule has 0 aliphatic heterocycles. The van der Waals surface area contributed by atoms with E-state index in [-0.39, 0.29) is 23.6 Å². The van der Waals surface area contributed by atoms with E-state index in [9.17, 15) is 9.59 Å². The van der Waals surface area contributed by atoms with E-state index in [1.807, 2.05) is 0 Å². The molecule has 1 saturated carbocycles. The lowest BCUT2D eigenvalue weighted by atomic mass is 9.95. The van der Waals surface area contributed by atoms with E-state index in [1.54, 1.807) is 6.92 Å². The average molecular weight is 230 g/mol. The van der Waals surface area contributed by atoms with Gasteiger partial charge in [-0.25, -0.2) is 0 Å². The van der Waals surface area contributed by atoms with Crippen molar-refractivity contribution in [3.8, 4) is 0 Å². The summed E-state index contributed by atoms with van der Waals surface area (Å²) in [6.45, 7) is 1.66. The molecule has 0 radical (unpaired) electrons. The fraction of sp³-hybridized carbons (Fsp3) is 0.800. The molecule has 0 unspecified atom stereocenters. The zero-order valence-electron chi connectivity index (χ0n) is 8.99. The highest BCUT2D eigenvalue weighted by Gasteiger charge is 2.23. The van der Waals surface area contributed by atoms with Crippen molar-refractivity contribution in [3.63, 3.8) is 0 Å². The second-order valence-corrected chi connectivity index (χ2v) is 5.33. The van der Waals surface area contributed by atoms with Crippen LogP contribution in [0.4, 0.5) is 0 Å². The highest BCUT2D eigenvalue weighted by molar-refractivity contribution is 8.14. The van der Waals surface area contributed by atoms with Gasteiger partial charge in [-0.15, -0.1) is 0 Å². The molecule has 1 amide bonds. The third-order valence-electron chi connectivity index (χ3n) is 2.56. The molecule has 0 spiro atoms. The van der Waals surface area contributed by atoms with E-state index in [1.165, 1.54) is 11.8 Å². The Morgan fingerprint density at radius 3 is 2.40 bits per heavy atom. The number of carbonyl (C=O) groups excluding carboxylic acids is 2. The third-order valence-corrected chi connectivity index (χ3v) is 3.69. The Balaban J connectivity index is 2.23. The van der Waals surface area contributed by atoms with Crippen molar-refractivity contribution >= 4 is 22.8 Å². The molecular weight excluding hydrogens is 212 g/mol. The van der Waals surface area contributed by atoms with Crippen molar-refractivity contribution in [1.82, 2.24) is 5.32 Å². The van der Waals surface area contributed by atoms with Crippen molar-refractivity contribution in [2.75, 3.05) is 6.54 Å². The van der Waals surface area contributed by atoms with Gasteiger partial charge in [0.2, 0.25) is 5.91 Å². The summed E-state index contributed by atoms with van der Waals surface area (Å²) in [4.78, 5) is 21.9. The summed E-state index contributed by atoms with van der Waals surface area (Å²) in [5.41, 5.74) is 5.22. The lowest BCUT2D eigenvalue weighted by Crippen LogP contribution is -2.41. The Morgan fingerprint density at radius 2 is 1.93 bits per heavy atom. The van der Waals surface area contributed by atoms with Crippen LogP contribution in [0.5, 0.6) is 0 Å². The molecule has 1 fully saturated rings. The first-order chi connectivity index (χ1) is 7.11. The van der Waals surface area contributed by atoms with Crippen LogP contribution in [0, 0.1) is 0 Å². The average Bonchev–Trinajstić information content (AvgIpc) is 2.20. The van der Waals surface area contributed by atoms with Crippen molar-refractivity contribution in [2.45, 2.75) is 43.9 Å². The van der Waals surface area contributed by atoms with Crippen LogP contribution in [-0.4, -0.2) is 28.9 Å². The molecule has 1 aliphatic rings. The van der Waals surface area contributed by atoms with Crippen LogP contribution < -0.4 is 11.1 Å². The quantitative estimate of drug-likeness (QED) is 0.747. The number of rotatable bonds is 3. The number of carbonyl (C=O) groups is 2. The van der Waals surface area contributed by atoms with Gasteiger partial charge in [0.1, 0.15) is 0 Å². The highest BCUT2D eigenvalue weighted by Crippen LogP contribution is 2.28. The Hall–Kier alpha value is -0.550. The predicted molar refractivity (Wildman–Crippen MR) is 61.5 cm³/mol. The van der Waals surface area contributed by atoms with Gasteiger partial charge in [0.25, 0.3) is 0 Å². The minimum atomic E-state index is -0.0855. The first kappa shape index (κ1) is 12.5. The smallest absolute Gasteiger partial charge is 0.233 e. The summed E-state index contributed by atoms with van der Waals surface area (Å²) in [7, 11) is 0. The molecule has 3 N–H and O–H groups in total. The summed E-state index contributed by atoms with van der Waals surface area (Å²) in [5.74, 6) is -0.0855. The van der Waals surface area contributed by atoms with E-state index in [0.29, 0.717) is 5.25 Å². The standard InChI is InChI=1S/C10H18N2O2S/c1-7(13)15-9-4-2-8(3-5-9)12-10(14)6-11/h8-9H,2-6,11H2,1H3,(H,12,14). The zero-order chi connectivity index (χ0) is 11.3. The third kappa shape index (κ3) is 4.66. The summed E-state index contributed by atoms with van der Waals surface area (Å²) in [6.07, 6.45) is 3.91. The second-order valence-electron chi connectivity index (χ2n) is 3.85. The van der Waals surface area contributed by atoms with Crippen LogP contribution in [0.25, 0.3) is 0 Å². The molecule has 0 bridgehead atoms.